The van der Waals surface area contributed by atoms with E-state index in [2.05, 4.69) is 15.2 Å². The number of hydrogen-bond donors (Lipinski definition) is 2. The van der Waals surface area contributed by atoms with Crippen LogP contribution < -0.4 is 5.73 Å². The van der Waals surface area contributed by atoms with Crippen molar-refractivity contribution in [3.05, 3.63) is 47.5 Å². The average Bonchev–Trinajstić information content (AvgIpc) is 2.65. The highest BCUT2D eigenvalue weighted by molar-refractivity contribution is 5.19. The summed E-state index contributed by atoms with van der Waals surface area (Å²) < 4.78 is 0. The predicted octanol–water partition coefficient (Wildman–Crippen LogP) is 1.36. The van der Waals surface area contributed by atoms with Gasteiger partial charge in [-0.3, -0.25) is 5.10 Å². The molecule has 4 nitrogen and oxygen atoms in total. The standard InChI is InChI=1S/C11H14N4/c1-8-13-11(15-14-8)7-10(12)9-5-3-2-4-6-9/h2-6,10H,7,12H2,1H3,(H,13,14,15). The van der Waals surface area contributed by atoms with E-state index in [9.17, 15) is 0 Å². The van der Waals surface area contributed by atoms with Crippen molar-refractivity contribution >= 4 is 0 Å². The summed E-state index contributed by atoms with van der Waals surface area (Å²) >= 11 is 0. The van der Waals surface area contributed by atoms with Gasteiger partial charge >= 0.3 is 0 Å². The molecule has 0 radical (unpaired) electrons. The first-order valence-electron chi connectivity index (χ1n) is 4.94. The molecule has 0 saturated carbocycles. The van der Waals surface area contributed by atoms with Gasteiger partial charge in [0.05, 0.1) is 0 Å². The van der Waals surface area contributed by atoms with Crippen molar-refractivity contribution in [2.24, 2.45) is 5.73 Å². The third-order valence-corrected chi connectivity index (χ3v) is 2.27. The van der Waals surface area contributed by atoms with Crippen LogP contribution in [0.1, 0.15) is 23.3 Å². The van der Waals surface area contributed by atoms with Gasteiger partial charge in [-0.2, -0.15) is 5.10 Å². The fourth-order valence-electron chi connectivity index (χ4n) is 1.50. The highest BCUT2D eigenvalue weighted by Gasteiger charge is 2.09. The first-order valence-corrected chi connectivity index (χ1v) is 4.94. The molecule has 2 aromatic rings. The quantitative estimate of drug-likeness (QED) is 0.789. The van der Waals surface area contributed by atoms with Crippen molar-refractivity contribution in [3.8, 4) is 0 Å². The molecule has 1 unspecified atom stereocenters. The van der Waals surface area contributed by atoms with Crippen LogP contribution >= 0.6 is 0 Å². The molecule has 1 aromatic heterocycles. The first kappa shape index (κ1) is 9.86. The summed E-state index contributed by atoms with van der Waals surface area (Å²) in [6.07, 6.45) is 0.661. The maximum atomic E-state index is 6.04. The molecule has 1 atom stereocenters. The molecule has 2 rings (SSSR count). The lowest BCUT2D eigenvalue weighted by molar-refractivity contribution is 0.690. The number of rotatable bonds is 3. The van der Waals surface area contributed by atoms with Crippen molar-refractivity contribution in [2.75, 3.05) is 0 Å². The fourth-order valence-corrected chi connectivity index (χ4v) is 1.50. The van der Waals surface area contributed by atoms with Crippen LogP contribution in [0.2, 0.25) is 0 Å². The van der Waals surface area contributed by atoms with Gasteiger partial charge in [0, 0.05) is 12.5 Å². The highest BCUT2D eigenvalue weighted by atomic mass is 15.2. The van der Waals surface area contributed by atoms with E-state index >= 15 is 0 Å². The molecule has 0 aliphatic carbocycles. The summed E-state index contributed by atoms with van der Waals surface area (Å²) in [6.45, 7) is 1.88. The third-order valence-electron chi connectivity index (χ3n) is 2.27. The molecular formula is C11H14N4. The number of hydrogen-bond acceptors (Lipinski definition) is 3. The van der Waals surface area contributed by atoms with E-state index in [0.717, 1.165) is 17.2 Å². The van der Waals surface area contributed by atoms with Gasteiger partial charge in [-0.25, -0.2) is 4.98 Å². The maximum Gasteiger partial charge on any atom is 0.152 e. The highest BCUT2D eigenvalue weighted by Crippen LogP contribution is 2.13. The van der Waals surface area contributed by atoms with Crippen molar-refractivity contribution in [3.63, 3.8) is 0 Å². The summed E-state index contributed by atoms with van der Waals surface area (Å²) in [4.78, 5) is 4.23. The molecule has 0 aliphatic heterocycles. The van der Waals surface area contributed by atoms with Crippen LogP contribution in [0.3, 0.4) is 0 Å². The van der Waals surface area contributed by atoms with Gasteiger partial charge in [0.2, 0.25) is 0 Å². The molecule has 0 saturated heterocycles. The smallest absolute Gasteiger partial charge is 0.152 e. The van der Waals surface area contributed by atoms with E-state index in [1.54, 1.807) is 0 Å². The molecule has 78 valence electrons. The Kier molecular flexibility index (Phi) is 2.78. The third kappa shape index (κ3) is 2.41. The first-order chi connectivity index (χ1) is 7.25. The minimum Gasteiger partial charge on any atom is -0.324 e. The summed E-state index contributed by atoms with van der Waals surface area (Å²) in [5.74, 6) is 1.59. The van der Waals surface area contributed by atoms with Gasteiger partial charge < -0.3 is 5.73 Å². The van der Waals surface area contributed by atoms with Crippen molar-refractivity contribution in [1.29, 1.82) is 0 Å². The number of nitrogens with one attached hydrogen (secondary N) is 1. The number of aryl methyl sites for hydroxylation is 1. The van der Waals surface area contributed by atoms with Crippen molar-refractivity contribution < 1.29 is 0 Å². The van der Waals surface area contributed by atoms with E-state index in [1.807, 2.05) is 37.3 Å². The minimum atomic E-state index is -0.0404. The van der Waals surface area contributed by atoms with Crippen LogP contribution in [0, 0.1) is 6.92 Å². The second-order valence-electron chi connectivity index (χ2n) is 3.56. The molecule has 1 aromatic carbocycles. The Bertz CT molecular complexity index is 421. The Balaban J connectivity index is 2.07. The number of nitrogens with zero attached hydrogens (tertiary/aromatic N) is 2. The largest absolute Gasteiger partial charge is 0.324 e. The van der Waals surface area contributed by atoms with Gasteiger partial charge in [0.25, 0.3) is 0 Å². The predicted molar refractivity (Wildman–Crippen MR) is 58.2 cm³/mol. The second kappa shape index (κ2) is 4.23. The molecule has 15 heavy (non-hydrogen) atoms. The Morgan fingerprint density at radius 2 is 2.07 bits per heavy atom. The van der Waals surface area contributed by atoms with Crippen LogP contribution in [0.5, 0.6) is 0 Å². The van der Waals surface area contributed by atoms with E-state index in [1.165, 1.54) is 0 Å². The molecule has 4 heteroatoms. The zero-order chi connectivity index (χ0) is 10.7. The number of H-pyrrole nitrogens is 1. The minimum absolute atomic E-state index is 0.0404. The van der Waals surface area contributed by atoms with Gasteiger partial charge in [0.15, 0.2) is 5.82 Å². The van der Waals surface area contributed by atoms with Gasteiger partial charge in [-0.05, 0) is 12.5 Å². The van der Waals surface area contributed by atoms with Crippen LogP contribution in [0.15, 0.2) is 30.3 Å². The monoisotopic (exact) mass is 202 g/mol. The number of aromatic nitrogens is 3. The Labute approximate surface area is 88.5 Å². The molecule has 0 amide bonds. The zero-order valence-electron chi connectivity index (χ0n) is 8.64. The number of benzene rings is 1. The lowest BCUT2D eigenvalue weighted by Gasteiger charge is -2.08. The average molecular weight is 202 g/mol. The number of aromatic amines is 1. The molecule has 0 bridgehead atoms. The summed E-state index contributed by atoms with van der Waals surface area (Å²) in [5, 5.41) is 6.87. The Morgan fingerprint density at radius 3 is 2.67 bits per heavy atom. The van der Waals surface area contributed by atoms with E-state index in [0.29, 0.717) is 6.42 Å². The van der Waals surface area contributed by atoms with E-state index in [-0.39, 0.29) is 6.04 Å². The van der Waals surface area contributed by atoms with Crippen molar-refractivity contribution in [2.45, 2.75) is 19.4 Å². The second-order valence-corrected chi connectivity index (χ2v) is 3.56. The van der Waals surface area contributed by atoms with Crippen LogP contribution in [-0.4, -0.2) is 15.2 Å². The lowest BCUT2D eigenvalue weighted by atomic mass is 10.0. The van der Waals surface area contributed by atoms with Gasteiger partial charge in [-0.1, -0.05) is 30.3 Å². The summed E-state index contributed by atoms with van der Waals surface area (Å²) in [7, 11) is 0. The number of nitrogens with two attached hydrogens (primary N) is 1. The Hall–Kier alpha value is -1.68. The lowest BCUT2D eigenvalue weighted by Crippen LogP contribution is -2.14. The molecule has 1 heterocycles. The van der Waals surface area contributed by atoms with E-state index in [4.69, 9.17) is 5.73 Å². The zero-order valence-corrected chi connectivity index (χ0v) is 8.64. The molecule has 0 spiro atoms. The van der Waals surface area contributed by atoms with Crippen LogP contribution in [0.25, 0.3) is 0 Å². The normalized spacial score (nSPS) is 12.7. The molecule has 0 aliphatic rings. The fraction of sp³-hybridized carbons (Fsp3) is 0.273. The van der Waals surface area contributed by atoms with Crippen LogP contribution in [-0.2, 0) is 6.42 Å². The molecule has 3 N–H and O–H groups in total. The van der Waals surface area contributed by atoms with Crippen LogP contribution in [0.4, 0.5) is 0 Å². The Morgan fingerprint density at radius 1 is 1.33 bits per heavy atom. The summed E-state index contributed by atoms with van der Waals surface area (Å²) in [5.41, 5.74) is 7.15. The SMILES string of the molecule is Cc1nc(CC(N)c2ccccc2)n[nH]1. The van der Waals surface area contributed by atoms with Crippen molar-refractivity contribution in [1.82, 2.24) is 15.2 Å². The van der Waals surface area contributed by atoms with Gasteiger partial charge in [0.1, 0.15) is 5.82 Å². The maximum absolute atomic E-state index is 6.04. The molecular weight excluding hydrogens is 188 g/mol. The van der Waals surface area contributed by atoms with Gasteiger partial charge in [-0.15, -0.1) is 0 Å². The molecule has 0 fully saturated rings. The summed E-state index contributed by atoms with van der Waals surface area (Å²) in [6, 6.07) is 9.94. The topological polar surface area (TPSA) is 67.6 Å². The van der Waals surface area contributed by atoms with E-state index < -0.39 is 0 Å².